The fourth-order valence-corrected chi connectivity index (χ4v) is 2.21. The molecule has 3 heterocycles. The molecule has 0 saturated carbocycles. The Morgan fingerprint density at radius 3 is 2.74 bits per heavy atom. The molecular weight excluding hydrogens is 252 g/mol. The van der Waals surface area contributed by atoms with Gasteiger partial charge in [-0.1, -0.05) is 0 Å². The van der Waals surface area contributed by atoms with Crippen LogP contribution in [0.15, 0.2) is 12.7 Å². The molecule has 1 saturated heterocycles. The molecular formula is C10H14N6O3. The van der Waals surface area contributed by atoms with Gasteiger partial charge in [0.05, 0.1) is 6.33 Å². The Kier molecular flexibility index (Phi) is 2.82. The molecule has 1 aliphatic heterocycles. The van der Waals surface area contributed by atoms with E-state index in [1.54, 1.807) is 0 Å². The van der Waals surface area contributed by atoms with Crippen LogP contribution in [0.5, 0.6) is 0 Å². The van der Waals surface area contributed by atoms with Crippen molar-refractivity contribution in [1.82, 2.24) is 19.5 Å². The summed E-state index contributed by atoms with van der Waals surface area (Å²) in [6.07, 6.45) is -0.850. The van der Waals surface area contributed by atoms with Gasteiger partial charge >= 0.3 is 0 Å². The van der Waals surface area contributed by atoms with Crippen molar-refractivity contribution >= 4 is 17.0 Å². The van der Waals surface area contributed by atoms with Crippen LogP contribution in [0.3, 0.4) is 0 Å². The van der Waals surface area contributed by atoms with Crippen LogP contribution < -0.4 is 11.5 Å². The summed E-state index contributed by atoms with van der Waals surface area (Å²) >= 11 is 0. The maximum atomic E-state index is 10.0. The normalized spacial score (nSPS) is 31.1. The summed E-state index contributed by atoms with van der Waals surface area (Å²) in [5, 5.41) is 19.8. The number of nitrogens with zero attached hydrogens (tertiary/aromatic N) is 4. The lowest BCUT2D eigenvalue weighted by atomic mass is 10.1. The number of fused-ring (bicyclic) bond motifs is 1. The Hall–Kier alpha value is -1.81. The number of hydrogen-bond donors (Lipinski definition) is 4. The number of nitrogens with two attached hydrogens (primary N) is 2. The lowest BCUT2D eigenvalue weighted by molar-refractivity contribution is -0.0322. The van der Waals surface area contributed by atoms with Crippen LogP contribution in [0, 0.1) is 0 Å². The molecule has 6 N–H and O–H groups in total. The average molecular weight is 266 g/mol. The third-order valence-corrected chi connectivity index (χ3v) is 3.23. The van der Waals surface area contributed by atoms with Crippen LogP contribution in [0.2, 0.25) is 0 Å². The van der Waals surface area contributed by atoms with Crippen molar-refractivity contribution in [2.75, 3.05) is 12.3 Å². The number of anilines is 1. The molecule has 3 rings (SSSR count). The molecule has 1 fully saturated rings. The first-order valence-electron chi connectivity index (χ1n) is 5.78. The van der Waals surface area contributed by atoms with Crippen LogP contribution in [-0.4, -0.2) is 54.6 Å². The summed E-state index contributed by atoms with van der Waals surface area (Å²) in [6, 6.07) is 0. The zero-order valence-electron chi connectivity index (χ0n) is 9.92. The summed E-state index contributed by atoms with van der Waals surface area (Å²) in [7, 11) is 0. The van der Waals surface area contributed by atoms with E-state index in [4.69, 9.17) is 16.2 Å². The highest BCUT2D eigenvalue weighted by atomic mass is 16.6. The number of hydrogen-bond acceptors (Lipinski definition) is 8. The van der Waals surface area contributed by atoms with Crippen molar-refractivity contribution in [3.63, 3.8) is 0 Å². The number of nitrogen functional groups attached to an aromatic ring is 1. The SMILES string of the molecule is NC[C@H]1O[C@@H](n2cnc3c(N)ncnc32)[C@@H](O)C1O. The Morgan fingerprint density at radius 2 is 2.05 bits per heavy atom. The molecule has 2 aromatic rings. The molecule has 1 unspecified atom stereocenters. The van der Waals surface area contributed by atoms with E-state index in [0.29, 0.717) is 11.2 Å². The Morgan fingerprint density at radius 1 is 1.26 bits per heavy atom. The lowest BCUT2D eigenvalue weighted by Crippen LogP contribution is -2.35. The van der Waals surface area contributed by atoms with Gasteiger partial charge in [0, 0.05) is 6.54 Å². The number of ether oxygens (including phenoxy) is 1. The van der Waals surface area contributed by atoms with E-state index in [-0.39, 0.29) is 12.4 Å². The van der Waals surface area contributed by atoms with Crippen LogP contribution in [0.4, 0.5) is 5.82 Å². The fraction of sp³-hybridized carbons (Fsp3) is 0.500. The monoisotopic (exact) mass is 266 g/mol. The fourth-order valence-electron chi connectivity index (χ4n) is 2.21. The number of rotatable bonds is 2. The van der Waals surface area contributed by atoms with Gasteiger partial charge in [-0.25, -0.2) is 15.0 Å². The molecule has 102 valence electrons. The second-order valence-corrected chi connectivity index (χ2v) is 4.36. The number of imidazole rings is 1. The number of aliphatic hydroxyl groups excluding tert-OH is 2. The second kappa shape index (κ2) is 4.38. The summed E-state index contributed by atoms with van der Waals surface area (Å²) in [5.74, 6) is 0.243. The summed E-state index contributed by atoms with van der Waals surface area (Å²) in [4.78, 5) is 12.0. The van der Waals surface area contributed by atoms with E-state index < -0.39 is 24.5 Å². The maximum absolute atomic E-state index is 10.0. The van der Waals surface area contributed by atoms with Gasteiger partial charge in [0.25, 0.3) is 0 Å². The third kappa shape index (κ3) is 1.75. The Labute approximate surface area is 107 Å². The topological polar surface area (TPSA) is 145 Å². The first kappa shape index (κ1) is 12.2. The van der Waals surface area contributed by atoms with Crippen LogP contribution in [0.1, 0.15) is 6.23 Å². The van der Waals surface area contributed by atoms with Crippen LogP contribution in [0.25, 0.3) is 11.2 Å². The quantitative estimate of drug-likeness (QED) is 0.487. The Bertz CT molecular complexity index is 602. The molecule has 2 aromatic heterocycles. The predicted octanol–water partition coefficient (Wildman–Crippen LogP) is -2.01. The van der Waals surface area contributed by atoms with Gasteiger partial charge in [-0.3, -0.25) is 4.57 Å². The molecule has 1 aliphatic rings. The number of aromatic nitrogens is 4. The molecule has 0 aliphatic carbocycles. The van der Waals surface area contributed by atoms with Crippen molar-refractivity contribution in [2.24, 2.45) is 5.73 Å². The first-order chi connectivity index (χ1) is 9.13. The van der Waals surface area contributed by atoms with Gasteiger partial charge in [0.15, 0.2) is 17.7 Å². The van der Waals surface area contributed by atoms with Crippen molar-refractivity contribution in [3.8, 4) is 0 Å². The van der Waals surface area contributed by atoms with Gasteiger partial charge in [0.1, 0.15) is 30.2 Å². The highest BCUT2D eigenvalue weighted by molar-refractivity contribution is 5.81. The summed E-state index contributed by atoms with van der Waals surface area (Å²) in [5.41, 5.74) is 12.0. The van der Waals surface area contributed by atoms with Crippen LogP contribution in [-0.2, 0) is 4.74 Å². The van der Waals surface area contributed by atoms with E-state index in [0.717, 1.165) is 0 Å². The number of aliphatic hydroxyl groups is 2. The molecule has 0 amide bonds. The molecule has 9 nitrogen and oxygen atoms in total. The maximum Gasteiger partial charge on any atom is 0.167 e. The van der Waals surface area contributed by atoms with Crippen molar-refractivity contribution in [3.05, 3.63) is 12.7 Å². The minimum Gasteiger partial charge on any atom is -0.387 e. The third-order valence-electron chi connectivity index (χ3n) is 3.23. The highest BCUT2D eigenvalue weighted by Gasteiger charge is 2.43. The van der Waals surface area contributed by atoms with E-state index in [2.05, 4.69) is 15.0 Å². The molecule has 0 radical (unpaired) electrons. The molecule has 0 aromatic carbocycles. The van der Waals surface area contributed by atoms with E-state index in [9.17, 15) is 10.2 Å². The summed E-state index contributed by atoms with van der Waals surface area (Å²) in [6.45, 7) is 0.110. The van der Waals surface area contributed by atoms with Crippen molar-refractivity contribution < 1.29 is 14.9 Å². The lowest BCUT2D eigenvalue weighted by Gasteiger charge is -2.16. The predicted molar refractivity (Wildman–Crippen MR) is 64.7 cm³/mol. The zero-order chi connectivity index (χ0) is 13.6. The average Bonchev–Trinajstić information content (AvgIpc) is 2.94. The van der Waals surface area contributed by atoms with Crippen LogP contribution >= 0.6 is 0 Å². The van der Waals surface area contributed by atoms with Gasteiger partial charge in [-0.05, 0) is 0 Å². The van der Waals surface area contributed by atoms with E-state index in [1.165, 1.54) is 17.2 Å². The summed E-state index contributed by atoms with van der Waals surface area (Å²) < 4.78 is 7.04. The molecule has 9 heteroatoms. The van der Waals surface area contributed by atoms with Crippen molar-refractivity contribution in [2.45, 2.75) is 24.5 Å². The van der Waals surface area contributed by atoms with E-state index in [1.807, 2.05) is 0 Å². The van der Waals surface area contributed by atoms with Gasteiger partial charge in [-0.15, -0.1) is 0 Å². The van der Waals surface area contributed by atoms with E-state index >= 15 is 0 Å². The molecule has 0 bridgehead atoms. The second-order valence-electron chi connectivity index (χ2n) is 4.36. The molecule has 0 spiro atoms. The van der Waals surface area contributed by atoms with Gasteiger partial charge < -0.3 is 26.4 Å². The first-order valence-corrected chi connectivity index (χ1v) is 5.78. The van der Waals surface area contributed by atoms with Crippen molar-refractivity contribution in [1.29, 1.82) is 0 Å². The smallest absolute Gasteiger partial charge is 0.167 e. The minimum atomic E-state index is -1.11. The van der Waals surface area contributed by atoms with Gasteiger partial charge in [0.2, 0.25) is 0 Å². The highest BCUT2D eigenvalue weighted by Crippen LogP contribution is 2.31. The minimum absolute atomic E-state index is 0.110. The zero-order valence-corrected chi connectivity index (χ0v) is 9.92. The molecule has 19 heavy (non-hydrogen) atoms. The Balaban J connectivity index is 2.04. The van der Waals surface area contributed by atoms with Gasteiger partial charge in [-0.2, -0.15) is 0 Å². The standard InChI is InChI=1S/C10H14N6O3/c11-1-4-6(17)7(18)10(19-4)16-3-15-5-8(12)13-2-14-9(5)16/h2-4,6-7,10,17-18H,1,11H2,(H2,12,13,14)/t4-,6?,7+,10-/m1/s1. The molecule has 4 atom stereocenters. The largest absolute Gasteiger partial charge is 0.387 e.